The highest BCUT2D eigenvalue weighted by atomic mass is 32.1. The van der Waals surface area contributed by atoms with Gasteiger partial charge in [0.05, 0.1) is 20.3 Å². The predicted molar refractivity (Wildman–Crippen MR) is 116 cm³/mol. The zero-order chi connectivity index (χ0) is 21.3. The molecule has 1 aromatic carbocycles. The Balaban J connectivity index is 1.39. The number of carbonyl (C=O) groups is 2. The Bertz CT molecular complexity index is 911. The summed E-state index contributed by atoms with van der Waals surface area (Å²) in [6.45, 7) is 4.08. The van der Waals surface area contributed by atoms with Crippen LogP contribution in [0.2, 0.25) is 0 Å². The van der Waals surface area contributed by atoms with Crippen molar-refractivity contribution >= 4 is 23.2 Å². The number of benzene rings is 1. The largest absolute Gasteiger partial charge is 0.497 e. The van der Waals surface area contributed by atoms with Crippen LogP contribution < -0.4 is 9.47 Å². The van der Waals surface area contributed by atoms with E-state index in [1.165, 1.54) is 10.4 Å². The Morgan fingerprint density at radius 2 is 1.70 bits per heavy atom. The molecule has 2 aromatic rings. The van der Waals surface area contributed by atoms with Gasteiger partial charge in [0.1, 0.15) is 11.5 Å². The maximum absolute atomic E-state index is 13.2. The van der Waals surface area contributed by atoms with Gasteiger partial charge in [0, 0.05) is 42.1 Å². The standard InChI is InChI=1S/C23H28N2O4S/c1-15-20-7-11-30-21(20)6-10-25(15)23(27)16-4-8-24(9-5-16)22(26)17-12-18(28-2)14-19(13-17)29-3/h7,11-16H,4-6,8-10H2,1-3H3. The summed E-state index contributed by atoms with van der Waals surface area (Å²) in [5.41, 5.74) is 1.84. The average molecular weight is 429 g/mol. The minimum Gasteiger partial charge on any atom is -0.497 e. The van der Waals surface area contributed by atoms with Gasteiger partial charge in [-0.2, -0.15) is 0 Å². The summed E-state index contributed by atoms with van der Waals surface area (Å²) in [7, 11) is 3.14. The molecule has 0 aliphatic carbocycles. The van der Waals surface area contributed by atoms with E-state index in [1.807, 2.05) is 9.80 Å². The minimum absolute atomic E-state index is 0.0171. The molecule has 0 N–H and O–H groups in total. The van der Waals surface area contributed by atoms with E-state index in [0.717, 1.165) is 13.0 Å². The Morgan fingerprint density at radius 3 is 2.33 bits per heavy atom. The summed E-state index contributed by atoms with van der Waals surface area (Å²) in [6, 6.07) is 7.50. The lowest BCUT2D eigenvalue weighted by molar-refractivity contribution is -0.139. The molecule has 2 aliphatic heterocycles. The lowest BCUT2D eigenvalue weighted by Gasteiger charge is -2.38. The van der Waals surface area contributed by atoms with Crippen LogP contribution in [-0.4, -0.2) is 55.5 Å². The fourth-order valence-corrected chi connectivity index (χ4v) is 5.45. The third kappa shape index (κ3) is 3.90. The molecule has 1 aromatic heterocycles. The fraction of sp³-hybridized carbons (Fsp3) is 0.478. The molecule has 0 radical (unpaired) electrons. The molecule has 1 saturated heterocycles. The van der Waals surface area contributed by atoms with E-state index in [1.54, 1.807) is 43.8 Å². The molecule has 3 heterocycles. The minimum atomic E-state index is -0.0487. The molecule has 160 valence electrons. The van der Waals surface area contributed by atoms with Crippen molar-refractivity contribution in [3.8, 4) is 11.5 Å². The molecule has 0 spiro atoms. The van der Waals surface area contributed by atoms with Crippen molar-refractivity contribution in [1.82, 2.24) is 9.80 Å². The van der Waals surface area contributed by atoms with Gasteiger partial charge in [-0.05, 0) is 55.3 Å². The van der Waals surface area contributed by atoms with Gasteiger partial charge in [-0.25, -0.2) is 0 Å². The second-order valence-electron chi connectivity index (χ2n) is 7.92. The smallest absolute Gasteiger partial charge is 0.254 e. The van der Waals surface area contributed by atoms with Crippen LogP contribution in [0.1, 0.15) is 46.6 Å². The number of ether oxygens (including phenoxy) is 2. The molecule has 0 saturated carbocycles. The second kappa shape index (κ2) is 8.68. The Hall–Kier alpha value is -2.54. The average Bonchev–Trinajstić information content (AvgIpc) is 3.28. The second-order valence-corrected chi connectivity index (χ2v) is 8.93. The summed E-state index contributed by atoms with van der Waals surface area (Å²) >= 11 is 1.79. The highest BCUT2D eigenvalue weighted by molar-refractivity contribution is 7.10. The van der Waals surface area contributed by atoms with Gasteiger partial charge in [0.25, 0.3) is 5.91 Å². The molecule has 7 heteroatoms. The zero-order valence-corrected chi connectivity index (χ0v) is 18.5. The van der Waals surface area contributed by atoms with Crippen molar-refractivity contribution in [2.24, 2.45) is 5.92 Å². The van der Waals surface area contributed by atoms with E-state index in [2.05, 4.69) is 18.4 Å². The van der Waals surface area contributed by atoms with Crippen molar-refractivity contribution in [2.75, 3.05) is 33.9 Å². The molecular weight excluding hydrogens is 400 g/mol. The van der Waals surface area contributed by atoms with Crippen molar-refractivity contribution < 1.29 is 19.1 Å². The fourth-order valence-electron chi connectivity index (χ4n) is 4.49. The SMILES string of the molecule is COc1cc(OC)cc(C(=O)N2CCC(C(=O)N3CCc4sccc4C3C)CC2)c1. The third-order valence-corrected chi connectivity index (χ3v) is 7.29. The van der Waals surface area contributed by atoms with Crippen molar-refractivity contribution in [1.29, 1.82) is 0 Å². The van der Waals surface area contributed by atoms with E-state index >= 15 is 0 Å². The van der Waals surface area contributed by atoms with Crippen LogP contribution >= 0.6 is 11.3 Å². The lowest BCUT2D eigenvalue weighted by atomic mass is 9.92. The van der Waals surface area contributed by atoms with E-state index in [0.29, 0.717) is 43.0 Å². The number of hydrogen-bond acceptors (Lipinski definition) is 5. The first-order chi connectivity index (χ1) is 14.5. The lowest BCUT2D eigenvalue weighted by Crippen LogP contribution is -2.46. The number of rotatable bonds is 4. The van der Waals surface area contributed by atoms with Crippen molar-refractivity contribution in [3.63, 3.8) is 0 Å². The van der Waals surface area contributed by atoms with Gasteiger partial charge in [-0.15, -0.1) is 11.3 Å². The molecule has 0 bridgehead atoms. The van der Waals surface area contributed by atoms with E-state index in [-0.39, 0.29) is 23.8 Å². The van der Waals surface area contributed by atoms with Crippen molar-refractivity contribution in [2.45, 2.75) is 32.2 Å². The summed E-state index contributed by atoms with van der Waals surface area (Å²) in [5.74, 6) is 1.35. The number of carbonyl (C=O) groups excluding carboxylic acids is 2. The van der Waals surface area contributed by atoms with Crippen LogP contribution in [0.3, 0.4) is 0 Å². The molecule has 2 aliphatic rings. The van der Waals surface area contributed by atoms with E-state index in [4.69, 9.17) is 9.47 Å². The molecule has 1 fully saturated rings. The Labute approximate surface area is 181 Å². The van der Waals surface area contributed by atoms with Crippen LogP contribution in [0.15, 0.2) is 29.6 Å². The number of likely N-dealkylation sites (tertiary alicyclic amines) is 1. The van der Waals surface area contributed by atoms with Crippen LogP contribution in [0.25, 0.3) is 0 Å². The normalized spacial score (nSPS) is 19.4. The first kappa shape index (κ1) is 20.7. The number of piperidine rings is 1. The highest BCUT2D eigenvalue weighted by Gasteiger charge is 2.35. The predicted octanol–water partition coefficient (Wildman–Crippen LogP) is 3.76. The Morgan fingerprint density at radius 1 is 1.03 bits per heavy atom. The molecule has 4 rings (SSSR count). The highest BCUT2D eigenvalue weighted by Crippen LogP contribution is 2.35. The van der Waals surface area contributed by atoms with E-state index < -0.39 is 0 Å². The van der Waals surface area contributed by atoms with Gasteiger partial charge in [-0.3, -0.25) is 9.59 Å². The molecular formula is C23H28N2O4S. The van der Waals surface area contributed by atoms with Gasteiger partial charge in [0.15, 0.2) is 0 Å². The summed E-state index contributed by atoms with van der Waals surface area (Å²) in [4.78, 5) is 31.5. The molecule has 2 amide bonds. The summed E-state index contributed by atoms with van der Waals surface area (Å²) in [5, 5.41) is 2.12. The van der Waals surface area contributed by atoms with Crippen LogP contribution in [0, 0.1) is 5.92 Å². The van der Waals surface area contributed by atoms with Gasteiger partial charge in [-0.1, -0.05) is 0 Å². The quantitative estimate of drug-likeness (QED) is 0.744. The number of hydrogen-bond donors (Lipinski definition) is 0. The molecule has 1 unspecified atom stereocenters. The molecule has 1 atom stereocenters. The van der Waals surface area contributed by atoms with Crippen LogP contribution in [0.4, 0.5) is 0 Å². The number of nitrogens with zero attached hydrogens (tertiary/aromatic N) is 2. The summed E-state index contributed by atoms with van der Waals surface area (Å²) in [6.07, 6.45) is 2.34. The molecule has 30 heavy (non-hydrogen) atoms. The van der Waals surface area contributed by atoms with E-state index in [9.17, 15) is 9.59 Å². The number of amides is 2. The van der Waals surface area contributed by atoms with Crippen LogP contribution in [0.5, 0.6) is 11.5 Å². The van der Waals surface area contributed by atoms with Gasteiger partial charge >= 0.3 is 0 Å². The topological polar surface area (TPSA) is 59.1 Å². The Kier molecular flexibility index (Phi) is 5.99. The molecule has 6 nitrogen and oxygen atoms in total. The number of fused-ring (bicyclic) bond motifs is 1. The third-order valence-electron chi connectivity index (χ3n) is 6.29. The maximum Gasteiger partial charge on any atom is 0.254 e. The van der Waals surface area contributed by atoms with Crippen molar-refractivity contribution in [3.05, 3.63) is 45.6 Å². The number of thiophene rings is 1. The zero-order valence-electron chi connectivity index (χ0n) is 17.7. The van der Waals surface area contributed by atoms with Gasteiger partial charge < -0.3 is 19.3 Å². The first-order valence-corrected chi connectivity index (χ1v) is 11.3. The monoisotopic (exact) mass is 428 g/mol. The first-order valence-electron chi connectivity index (χ1n) is 10.4. The van der Waals surface area contributed by atoms with Crippen LogP contribution in [-0.2, 0) is 11.2 Å². The maximum atomic E-state index is 13.2. The van der Waals surface area contributed by atoms with Gasteiger partial charge in [0.2, 0.25) is 5.91 Å². The number of methoxy groups -OCH3 is 2. The summed E-state index contributed by atoms with van der Waals surface area (Å²) < 4.78 is 10.6.